The first-order chi connectivity index (χ1) is 6.85. The van der Waals surface area contributed by atoms with Gasteiger partial charge in [0.2, 0.25) is 0 Å². The molecule has 1 aromatic heterocycles. The second-order valence-corrected chi connectivity index (χ2v) is 4.69. The summed E-state index contributed by atoms with van der Waals surface area (Å²) in [7, 11) is 3.72. The van der Waals surface area contributed by atoms with Gasteiger partial charge in [-0.25, -0.2) is 4.98 Å². The molecule has 3 nitrogen and oxygen atoms in total. The molecule has 1 aromatic rings. The van der Waals surface area contributed by atoms with Gasteiger partial charge >= 0.3 is 0 Å². The molecule has 1 heterocycles. The minimum absolute atomic E-state index is 0.625. The van der Waals surface area contributed by atoms with Crippen LogP contribution in [-0.4, -0.2) is 25.2 Å². The Kier molecular flexibility index (Phi) is 3.03. The SMILES string of the molecule is CNC1CCCC1c1cnc(OC)s1. The van der Waals surface area contributed by atoms with E-state index < -0.39 is 0 Å². The van der Waals surface area contributed by atoms with Gasteiger partial charge in [-0.2, -0.15) is 0 Å². The number of nitrogens with zero attached hydrogens (tertiary/aromatic N) is 1. The van der Waals surface area contributed by atoms with Gasteiger partial charge in [0.25, 0.3) is 5.19 Å². The number of ether oxygens (including phenoxy) is 1. The maximum atomic E-state index is 5.11. The van der Waals surface area contributed by atoms with Crippen LogP contribution in [0.5, 0.6) is 5.19 Å². The van der Waals surface area contributed by atoms with Crippen LogP contribution in [0.4, 0.5) is 0 Å². The van der Waals surface area contributed by atoms with E-state index in [1.54, 1.807) is 18.4 Å². The van der Waals surface area contributed by atoms with Crippen LogP contribution in [-0.2, 0) is 0 Å². The average molecular weight is 212 g/mol. The molecule has 1 aliphatic rings. The zero-order chi connectivity index (χ0) is 9.97. The average Bonchev–Trinajstić information content (AvgIpc) is 2.85. The smallest absolute Gasteiger partial charge is 0.273 e. The predicted octanol–water partition coefficient (Wildman–Crippen LogP) is 2.01. The molecule has 0 bridgehead atoms. The Morgan fingerprint density at radius 3 is 3.07 bits per heavy atom. The summed E-state index contributed by atoms with van der Waals surface area (Å²) in [5.74, 6) is 0.640. The normalized spacial score (nSPS) is 26.7. The fraction of sp³-hybridized carbons (Fsp3) is 0.700. The molecule has 1 fully saturated rings. The Morgan fingerprint density at radius 2 is 2.43 bits per heavy atom. The first-order valence-corrected chi connectivity index (χ1v) is 5.83. The summed E-state index contributed by atoms with van der Waals surface area (Å²) < 4.78 is 5.11. The molecule has 2 unspecified atom stereocenters. The Morgan fingerprint density at radius 1 is 1.57 bits per heavy atom. The van der Waals surface area contributed by atoms with Crippen LogP contribution < -0.4 is 10.1 Å². The number of aromatic nitrogens is 1. The molecule has 0 aliphatic heterocycles. The molecule has 1 N–H and O–H groups in total. The van der Waals surface area contributed by atoms with E-state index in [1.165, 1.54) is 24.1 Å². The van der Waals surface area contributed by atoms with Crippen molar-refractivity contribution in [3.05, 3.63) is 11.1 Å². The number of rotatable bonds is 3. The van der Waals surface area contributed by atoms with E-state index in [0.717, 1.165) is 5.19 Å². The van der Waals surface area contributed by atoms with Crippen LogP contribution in [0, 0.1) is 0 Å². The molecule has 0 aromatic carbocycles. The van der Waals surface area contributed by atoms with Crippen molar-refractivity contribution in [1.82, 2.24) is 10.3 Å². The molecule has 1 saturated carbocycles. The number of methoxy groups -OCH3 is 1. The predicted molar refractivity (Wildman–Crippen MR) is 58.1 cm³/mol. The largest absolute Gasteiger partial charge is 0.473 e. The van der Waals surface area contributed by atoms with E-state index in [4.69, 9.17) is 4.74 Å². The molecular weight excluding hydrogens is 196 g/mol. The lowest BCUT2D eigenvalue weighted by Crippen LogP contribution is -2.26. The van der Waals surface area contributed by atoms with Crippen molar-refractivity contribution in [2.75, 3.05) is 14.2 Å². The summed E-state index contributed by atoms with van der Waals surface area (Å²) in [5.41, 5.74) is 0. The van der Waals surface area contributed by atoms with Gasteiger partial charge in [0.05, 0.1) is 7.11 Å². The van der Waals surface area contributed by atoms with Crippen LogP contribution >= 0.6 is 11.3 Å². The lowest BCUT2D eigenvalue weighted by molar-refractivity contribution is 0.412. The molecule has 0 radical (unpaired) electrons. The number of nitrogens with one attached hydrogen (secondary N) is 1. The summed E-state index contributed by atoms with van der Waals surface area (Å²) in [6, 6.07) is 0.625. The third-order valence-electron chi connectivity index (χ3n) is 2.93. The van der Waals surface area contributed by atoms with Gasteiger partial charge in [-0.05, 0) is 19.9 Å². The summed E-state index contributed by atoms with van der Waals surface area (Å²) >= 11 is 1.68. The van der Waals surface area contributed by atoms with E-state index >= 15 is 0 Å². The fourth-order valence-electron chi connectivity index (χ4n) is 2.18. The van der Waals surface area contributed by atoms with Crippen molar-refractivity contribution >= 4 is 11.3 Å². The molecule has 2 rings (SSSR count). The highest BCUT2D eigenvalue weighted by Crippen LogP contribution is 2.38. The first kappa shape index (κ1) is 9.93. The van der Waals surface area contributed by atoms with E-state index in [0.29, 0.717) is 12.0 Å². The summed E-state index contributed by atoms with van der Waals surface area (Å²) in [4.78, 5) is 5.58. The topological polar surface area (TPSA) is 34.2 Å². The second-order valence-electron chi connectivity index (χ2n) is 3.67. The van der Waals surface area contributed by atoms with Crippen molar-refractivity contribution in [3.8, 4) is 5.19 Å². The minimum Gasteiger partial charge on any atom is -0.473 e. The van der Waals surface area contributed by atoms with Gasteiger partial charge in [0.15, 0.2) is 0 Å². The van der Waals surface area contributed by atoms with Crippen LogP contribution in [0.25, 0.3) is 0 Å². The van der Waals surface area contributed by atoms with Crippen LogP contribution in [0.3, 0.4) is 0 Å². The number of hydrogen-bond donors (Lipinski definition) is 1. The van der Waals surface area contributed by atoms with Gasteiger partial charge in [0.1, 0.15) is 0 Å². The minimum atomic E-state index is 0.625. The highest BCUT2D eigenvalue weighted by atomic mass is 32.1. The first-order valence-electron chi connectivity index (χ1n) is 5.02. The Bertz CT molecular complexity index is 300. The zero-order valence-electron chi connectivity index (χ0n) is 8.62. The molecule has 1 aliphatic carbocycles. The molecule has 0 saturated heterocycles. The van der Waals surface area contributed by atoms with E-state index in [-0.39, 0.29) is 0 Å². The quantitative estimate of drug-likeness (QED) is 0.832. The number of thiazole rings is 1. The Hall–Kier alpha value is -0.610. The van der Waals surface area contributed by atoms with E-state index in [9.17, 15) is 0 Å². The van der Waals surface area contributed by atoms with Gasteiger partial charge in [-0.15, -0.1) is 0 Å². The van der Waals surface area contributed by atoms with Gasteiger partial charge < -0.3 is 10.1 Å². The molecule has 4 heteroatoms. The lowest BCUT2D eigenvalue weighted by atomic mass is 10.0. The molecule has 78 valence electrons. The number of likely N-dealkylation sites (N-methyl/N-ethyl adjacent to an activating group) is 1. The second kappa shape index (κ2) is 4.28. The maximum absolute atomic E-state index is 5.11. The molecule has 0 amide bonds. The van der Waals surface area contributed by atoms with E-state index in [1.807, 2.05) is 13.2 Å². The van der Waals surface area contributed by atoms with Gasteiger partial charge in [0, 0.05) is 23.0 Å². The summed E-state index contributed by atoms with van der Waals surface area (Å²) in [6.45, 7) is 0. The van der Waals surface area contributed by atoms with E-state index in [2.05, 4.69) is 10.3 Å². The fourth-order valence-corrected chi connectivity index (χ4v) is 3.11. The Balaban J connectivity index is 2.13. The lowest BCUT2D eigenvalue weighted by Gasteiger charge is -2.16. The third kappa shape index (κ3) is 1.77. The Labute approximate surface area is 88.5 Å². The van der Waals surface area contributed by atoms with Crippen molar-refractivity contribution < 1.29 is 4.74 Å². The van der Waals surface area contributed by atoms with Crippen molar-refractivity contribution in [3.63, 3.8) is 0 Å². The van der Waals surface area contributed by atoms with Crippen molar-refractivity contribution in [1.29, 1.82) is 0 Å². The maximum Gasteiger partial charge on any atom is 0.273 e. The molecule has 0 spiro atoms. The van der Waals surface area contributed by atoms with Crippen molar-refractivity contribution in [2.45, 2.75) is 31.2 Å². The van der Waals surface area contributed by atoms with Crippen LogP contribution in [0.15, 0.2) is 6.20 Å². The van der Waals surface area contributed by atoms with Crippen LogP contribution in [0.1, 0.15) is 30.1 Å². The molecule has 2 atom stereocenters. The summed E-state index contributed by atoms with van der Waals surface area (Å²) in [6.07, 6.45) is 5.83. The molecular formula is C10H16N2OS. The number of hydrogen-bond acceptors (Lipinski definition) is 4. The van der Waals surface area contributed by atoms with Gasteiger partial charge in [-0.3, -0.25) is 0 Å². The van der Waals surface area contributed by atoms with Gasteiger partial charge in [-0.1, -0.05) is 17.8 Å². The monoisotopic (exact) mass is 212 g/mol. The standard InChI is InChI=1S/C10H16N2OS/c1-11-8-5-3-4-7(8)9-6-12-10(13-2)14-9/h6-8,11H,3-5H2,1-2H3. The highest BCUT2D eigenvalue weighted by Gasteiger charge is 2.28. The third-order valence-corrected chi connectivity index (χ3v) is 4.02. The van der Waals surface area contributed by atoms with Crippen LogP contribution in [0.2, 0.25) is 0 Å². The highest BCUT2D eigenvalue weighted by molar-refractivity contribution is 7.13. The zero-order valence-corrected chi connectivity index (χ0v) is 9.43. The molecule has 14 heavy (non-hydrogen) atoms. The van der Waals surface area contributed by atoms with Crippen molar-refractivity contribution in [2.24, 2.45) is 0 Å². The summed E-state index contributed by atoms with van der Waals surface area (Å²) in [5, 5.41) is 4.16.